The molecule has 0 unspecified atom stereocenters. The monoisotopic (exact) mass is 228 g/mol. The van der Waals surface area contributed by atoms with Crippen LogP contribution in [0.3, 0.4) is 0 Å². The third-order valence-electron chi connectivity index (χ3n) is 1.75. The van der Waals surface area contributed by atoms with Crippen LogP contribution >= 0.6 is 0 Å². The Hall–Kier alpha value is -2.12. The first-order valence-corrected chi connectivity index (χ1v) is 4.72. The van der Waals surface area contributed by atoms with Crippen molar-refractivity contribution in [3.63, 3.8) is 0 Å². The first-order chi connectivity index (χ1) is 7.65. The molecular formula is C8H12N4O4. The van der Waals surface area contributed by atoms with Gasteiger partial charge < -0.3 is 20.2 Å². The number of nitro groups is 1. The van der Waals surface area contributed by atoms with Gasteiger partial charge in [-0.2, -0.15) is 0 Å². The van der Waals surface area contributed by atoms with E-state index in [0.29, 0.717) is 6.61 Å². The standard InChI is InChI=1S/C8H12N4O4/c1-2-16-7(13)3-4-9-6-5-10-11-8(6)12(14)15/h5,9H,2-4H2,1H3,(H,10,11). The van der Waals surface area contributed by atoms with Crippen molar-refractivity contribution in [3.8, 4) is 0 Å². The Bertz CT molecular complexity index is 376. The van der Waals surface area contributed by atoms with Gasteiger partial charge in [0.05, 0.1) is 13.0 Å². The van der Waals surface area contributed by atoms with Gasteiger partial charge in [-0.1, -0.05) is 5.10 Å². The molecule has 0 aliphatic heterocycles. The number of H-pyrrole nitrogens is 1. The van der Waals surface area contributed by atoms with Gasteiger partial charge in [0.2, 0.25) is 0 Å². The fourth-order valence-corrected chi connectivity index (χ4v) is 1.08. The van der Waals surface area contributed by atoms with Crippen LogP contribution in [0, 0.1) is 10.1 Å². The topological polar surface area (TPSA) is 110 Å². The number of hydrogen-bond acceptors (Lipinski definition) is 6. The number of rotatable bonds is 6. The predicted octanol–water partition coefficient (Wildman–Crippen LogP) is 0.683. The molecule has 1 aromatic heterocycles. The van der Waals surface area contributed by atoms with E-state index >= 15 is 0 Å². The molecule has 0 amide bonds. The van der Waals surface area contributed by atoms with Gasteiger partial charge in [-0.15, -0.1) is 5.10 Å². The number of hydrogen-bond donors (Lipinski definition) is 2. The molecule has 1 heterocycles. The molecule has 8 nitrogen and oxygen atoms in total. The second kappa shape index (κ2) is 5.69. The van der Waals surface area contributed by atoms with Crippen LogP contribution in [0.4, 0.5) is 11.5 Å². The number of esters is 1. The fourth-order valence-electron chi connectivity index (χ4n) is 1.08. The van der Waals surface area contributed by atoms with Crippen LogP contribution in [-0.4, -0.2) is 34.2 Å². The van der Waals surface area contributed by atoms with Crippen LogP contribution in [0.15, 0.2) is 6.20 Å². The largest absolute Gasteiger partial charge is 0.466 e. The summed E-state index contributed by atoms with van der Waals surface area (Å²) in [5.74, 6) is -0.565. The number of aromatic amines is 1. The molecule has 0 radical (unpaired) electrons. The Morgan fingerprint density at radius 2 is 2.50 bits per heavy atom. The normalized spacial score (nSPS) is 9.81. The number of ether oxygens (including phenoxy) is 1. The highest BCUT2D eigenvalue weighted by atomic mass is 16.6. The summed E-state index contributed by atoms with van der Waals surface area (Å²) in [6, 6.07) is 0. The minimum Gasteiger partial charge on any atom is -0.466 e. The summed E-state index contributed by atoms with van der Waals surface area (Å²) in [7, 11) is 0. The molecule has 0 aliphatic rings. The molecule has 2 N–H and O–H groups in total. The maximum absolute atomic E-state index is 11.0. The Kier molecular flexibility index (Phi) is 4.25. The van der Waals surface area contributed by atoms with E-state index in [1.807, 2.05) is 0 Å². The van der Waals surface area contributed by atoms with Gasteiger partial charge in [0, 0.05) is 6.54 Å². The summed E-state index contributed by atoms with van der Waals surface area (Å²) in [6.07, 6.45) is 1.44. The highest BCUT2D eigenvalue weighted by Crippen LogP contribution is 2.19. The summed E-state index contributed by atoms with van der Waals surface area (Å²) in [5.41, 5.74) is 0.259. The quantitative estimate of drug-likeness (QED) is 0.421. The zero-order valence-electron chi connectivity index (χ0n) is 8.73. The van der Waals surface area contributed by atoms with Crippen LogP contribution in [0.2, 0.25) is 0 Å². The van der Waals surface area contributed by atoms with E-state index in [0.717, 1.165) is 0 Å². The number of carbonyl (C=O) groups excluding carboxylic acids is 1. The summed E-state index contributed by atoms with van der Waals surface area (Å²) < 4.78 is 4.70. The molecule has 1 aromatic rings. The van der Waals surface area contributed by atoms with E-state index in [1.165, 1.54) is 6.20 Å². The molecule has 0 saturated carbocycles. The molecule has 0 spiro atoms. The number of anilines is 1. The van der Waals surface area contributed by atoms with E-state index in [2.05, 4.69) is 15.5 Å². The van der Waals surface area contributed by atoms with E-state index < -0.39 is 4.92 Å². The molecule has 88 valence electrons. The van der Waals surface area contributed by atoms with Gasteiger partial charge >= 0.3 is 11.8 Å². The van der Waals surface area contributed by atoms with Crippen molar-refractivity contribution < 1.29 is 14.5 Å². The van der Waals surface area contributed by atoms with Crippen molar-refractivity contribution in [1.82, 2.24) is 10.2 Å². The average molecular weight is 228 g/mol. The molecule has 0 aromatic carbocycles. The minimum absolute atomic E-state index is 0.149. The van der Waals surface area contributed by atoms with Crippen molar-refractivity contribution in [1.29, 1.82) is 0 Å². The molecule has 0 saturated heterocycles. The van der Waals surface area contributed by atoms with E-state index in [1.54, 1.807) is 6.92 Å². The lowest BCUT2D eigenvalue weighted by atomic mass is 10.4. The Morgan fingerprint density at radius 1 is 1.75 bits per heavy atom. The molecule has 0 fully saturated rings. The second-order valence-electron chi connectivity index (χ2n) is 2.87. The van der Waals surface area contributed by atoms with E-state index in [9.17, 15) is 14.9 Å². The Balaban J connectivity index is 2.40. The van der Waals surface area contributed by atoms with Crippen molar-refractivity contribution >= 4 is 17.5 Å². The van der Waals surface area contributed by atoms with Crippen molar-refractivity contribution in [2.45, 2.75) is 13.3 Å². The molecule has 1 rings (SSSR count). The summed E-state index contributed by atoms with van der Waals surface area (Å²) >= 11 is 0. The first kappa shape index (κ1) is 12.0. The van der Waals surface area contributed by atoms with Gasteiger partial charge in [-0.25, -0.2) is 0 Å². The van der Waals surface area contributed by atoms with Crippen LogP contribution in [0.5, 0.6) is 0 Å². The smallest absolute Gasteiger partial charge is 0.366 e. The fraction of sp³-hybridized carbons (Fsp3) is 0.500. The van der Waals surface area contributed by atoms with Gasteiger partial charge in [0.15, 0.2) is 5.69 Å². The first-order valence-electron chi connectivity index (χ1n) is 4.72. The van der Waals surface area contributed by atoms with Crippen molar-refractivity contribution in [2.24, 2.45) is 0 Å². The molecular weight excluding hydrogens is 216 g/mol. The Labute approximate surface area is 91.1 Å². The minimum atomic E-state index is -0.584. The zero-order valence-corrected chi connectivity index (χ0v) is 8.73. The Morgan fingerprint density at radius 3 is 3.12 bits per heavy atom. The number of nitrogens with zero attached hydrogens (tertiary/aromatic N) is 2. The molecule has 0 bridgehead atoms. The second-order valence-corrected chi connectivity index (χ2v) is 2.87. The zero-order chi connectivity index (χ0) is 12.0. The highest BCUT2D eigenvalue weighted by Gasteiger charge is 2.14. The summed E-state index contributed by atoms with van der Waals surface area (Å²) in [5, 5.41) is 19.0. The van der Waals surface area contributed by atoms with E-state index in [-0.39, 0.29) is 30.4 Å². The summed E-state index contributed by atoms with van der Waals surface area (Å²) in [4.78, 5) is 20.9. The molecule has 0 atom stereocenters. The average Bonchev–Trinajstić information content (AvgIpc) is 2.66. The lowest BCUT2D eigenvalue weighted by Gasteiger charge is -2.03. The van der Waals surface area contributed by atoms with Gasteiger partial charge in [-0.3, -0.25) is 4.79 Å². The molecule has 8 heteroatoms. The molecule has 16 heavy (non-hydrogen) atoms. The number of aromatic nitrogens is 2. The van der Waals surface area contributed by atoms with Crippen LogP contribution in [0.25, 0.3) is 0 Å². The SMILES string of the molecule is CCOC(=O)CCNc1cn[nH]c1[N+](=O)[O-]. The third kappa shape index (κ3) is 3.23. The lowest BCUT2D eigenvalue weighted by Crippen LogP contribution is -2.11. The maximum atomic E-state index is 11.0. The number of carbonyl (C=O) groups is 1. The predicted molar refractivity (Wildman–Crippen MR) is 55.0 cm³/mol. The van der Waals surface area contributed by atoms with Crippen LogP contribution < -0.4 is 5.32 Å². The van der Waals surface area contributed by atoms with Gasteiger partial charge in [-0.05, 0) is 11.8 Å². The lowest BCUT2D eigenvalue weighted by molar-refractivity contribution is -0.388. The van der Waals surface area contributed by atoms with Crippen molar-refractivity contribution in [2.75, 3.05) is 18.5 Å². The van der Waals surface area contributed by atoms with Crippen LogP contribution in [-0.2, 0) is 9.53 Å². The summed E-state index contributed by atoms with van der Waals surface area (Å²) in [6.45, 7) is 2.30. The highest BCUT2D eigenvalue weighted by molar-refractivity contribution is 5.70. The maximum Gasteiger partial charge on any atom is 0.366 e. The third-order valence-corrected chi connectivity index (χ3v) is 1.75. The number of nitrogens with one attached hydrogen (secondary N) is 2. The van der Waals surface area contributed by atoms with Gasteiger partial charge in [0.25, 0.3) is 0 Å². The van der Waals surface area contributed by atoms with Gasteiger partial charge in [0.1, 0.15) is 6.20 Å². The van der Waals surface area contributed by atoms with E-state index in [4.69, 9.17) is 4.74 Å². The molecule has 0 aliphatic carbocycles. The van der Waals surface area contributed by atoms with Crippen molar-refractivity contribution in [3.05, 3.63) is 16.3 Å². The van der Waals surface area contributed by atoms with Crippen LogP contribution in [0.1, 0.15) is 13.3 Å².